The van der Waals surface area contributed by atoms with Gasteiger partial charge < -0.3 is 25.6 Å². The maximum absolute atomic E-state index is 13.0. The summed E-state index contributed by atoms with van der Waals surface area (Å²) in [6.45, 7) is 10.3. The first kappa shape index (κ1) is 25.3. The van der Waals surface area contributed by atoms with Crippen molar-refractivity contribution in [2.75, 3.05) is 36.8 Å². The number of nitrogen functional groups attached to an aromatic ring is 1. The number of nitrogens with two attached hydrogens (primary N) is 1. The number of aromatic nitrogens is 2. The number of pyridine rings is 2. The zero-order valence-corrected chi connectivity index (χ0v) is 22.7. The predicted octanol–water partition coefficient (Wildman–Crippen LogP) is 3.93. The van der Waals surface area contributed by atoms with Gasteiger partial charge in [0.2, 0.25) is 0 Å². The van der Waals surface area contributed by atoms with Crippen LogP contribution in [0, 0.1) is 6.92 Å². The number of aryl methyl sites for hydroxylation is 2. The number of ether oxygens (including phenoxy) is 1. The van der Waals surface area contributed by atoms with Crippen molar-refractivity contribution in [1.82, 2.24) is 20.2 Å². The second-order valence-electron chi connectivity index (χ2n) is 10.8. The summed E-state index contributed by atoms with van der Waals surface area (Å²) < 4.78 is 5.50. The van der Waals surface area contributed by atoms with Crippen LogP contribution in [0.15, 0.2) is 24.4 Å². The number of nitrogens with one attached hydrogen (secondary N) is 1. The fraction of sp³-hybridized carbons (Fsp3) is 0.481. The Hall–Kier alpha value is -3.40. The molecule has 9 nitrogen and oxygen atoms in total. The van der Waals surface area contributed by atoms with Gasteiger partial charge in [0.05, 0.1) is 17.6 Å². The largest absolute Gasteiger partial charge is 0.444 e. The molecule has 3 aromatic rings. The number of rotatable bonds is 3. The molecule has 4 heterocycles. The van der Waals surface area contributed by atoms with E-state index in [0.29, 0.717) is 30.1 Å². The van der Waals surface area contributed by atoms with Crippen molar-refractivity contribution in [2.24, 2.45) is 0 Å². The lowest BCUT2D eigenvalue weighted by atomic mass is 9.91. The van der Waals surface area contributed by atoms with Crippen LogP contribution in [0.1, 0.15) is 53.8 Å². The molecule has 5 rings (SSSR count). The number of fused-ring (bicyclic) bond motifs is 2. The minimum atomic E-state index is -0.491. The highest BCUT2D eigenvalue weighted by Crippen LogP contribution is 2.33. The molecule has 2 aliphatic rings. The number of nitrogens with zero attached hydrogens (tertiary/aromatic N) is 4. The molecule has 0 aromatic carbocycles. The maximum Gasteiger partial charge on any atom is 0.410 e. The first-order chi connectivity index (χ1) is 17.6. The van der Waals surface area contributed by atoms with Crippen molar-refractivity contribution in [3.05, 3.63) is 46.2 Å². The monoisotopic (exact) mass is 522 g/mol. The Bertz CT molecular complexity index is 1340. The van der Waals surface area contributed by atoms with Crippen LogP contribution >= 0.6 is 11.3 Å². The van der Waals surface area contributed by atoms with Gasteiger partial charge in [0.25, 0.3) is 5.91 Å². The van der Waals surface area contributed by atoms with Gasteiger partial charge in [-0.2, -0.15) is 0 Å². The molecular weight excluding hydrogens is 488 g/mol. The molecular formula is C27H34N6O3S. The standard InChI is InChI=1S/C27H34N6O3S/c1-16-5-8-20-22(28)23(37-25(20)30-16)24(34)31-18-7-6-17-13-19(15-29-21(17)14-18)32-9-11-33(12-10-32)26(35)36-27(2,3)4/h5,8,13,15,18H,6-7,9-12,14,28H2,1-4H3,(H,31,34)/t18-/m0/s1. The Kier molecular flexibility index (Phi) is 6.70. The second kappa shape index (κ2) is 9.81. The average molecular weight is 523 g/mol. The summed E-state index contributed by atoms with van der Waals surface area (Å²) in [6, 6.07) is 6.05. The van der Waals surface area contributed by atoms with E-state index in [2.05, 4.69) is 21.3 Å². The molecule has 1 fully saturated rings. The van der Waals surface area contributed by atoms with E-state index < -0.39 is 5.60 Å². The third-order valence-corrected chi connectivity index (χ3v) is 7.93. The quantitative estimate of drug-likeness (QED) is 0.536. The molecule has 37 heavy (non-hydrogen) atoms. The van der Waals surface area contributed by atoms with Crippen molar-refractivity contribution in [1.29, 1.82) is 0 Å². The van der Waals surface area contributed by atoms with Gasteiger partial charge in [-0.05, 0) is 64.3 Å². The van der Waals surface area contributed by atoms with Crippen LogP contribution in [-0.4, -0.2) is 64.7 Å². The molecule has 0 spiro atoms. The molecule has 10 heteroatoms. The van der Waals surface area contributed by atoms with Crippen LogP contribution < -0.4 is 16.0 Å². The Labute approximate surface area is 221 Å². The van der Waals surface area contributed by atoms with E-state index in [0.717, 1.165) is 53.2 Å². The number of amides is 2. The highest BCUT2D eigenvalue weighted by atomic mass is 32.1. The van der Waals surface area contributed by atoms with E-state index >= 15 is 0 Å². The molecule has 196 valence electrons. The topological polar surface area (TPSA) is 114 Å². The number of piperazine rings is 1. The fourth-order valence-electron chi connectivity index (χ4n) is 4.87. The first-order valence-corrected chi connectivity index (χ1v) is 13.6. The van der Waals surface area contributed by atoms with Crippen LogP contribution in [0.5, 0.6) is 0 Å². The third-order valence-electron chi connectivity index (χ3n) is 6.82. The molecule has 1 aliphatic heterocycles. The van der Waals surface area contributed by atoms with Gasteiger partial charge in [0, 0.05) is 55.4 Å². The highest BCUT2D eigenvalue weighted by Gasteiger charge is 2.28. The summed E-state index contributed by atoms with van der Waals surface area (Å²) >= 11 is 1.34. The van der Waals surface area contributed by atoms with Crippen molar-refractivity contribution in [3.63, 3.8) is 0 Å². The maximum atomic E-state index is 13.0. The van der Waals surface area contributed by atoms with Gasteiger partial charge in [-0.1, -0.05) is 0 Å². The average Bonchev–Trinajstić information content (AvgIpc) is 3.18. The van der Waals surface area contributed by atoms with E-state index in [4.69, 9.17) is 15.5 Å². The van der Waals surface area contributed by atoms with Crippen molar-refractivity contribution in [2.45, 2.75) is 58.6 Å². The number of anilines is 2. The van der Waals surface area contributed by atoms with Gasteiger partial charge >= 0.3 is 6.09 Å². The Balaban J connectivity index is 1.19. The van der Waals surface area contributed by atoms with Crippen LogP contribution in [0.3, 0.4) is 0 Å². The summed E-state index contributed by atoms with van der Waals surface area (Å²) in [5, 5.41) is 4.00. The molecule has 2 amide bonds. The number of carbonyl (C=O) groups is 2. The molecule has 1 atom stereocenters. The molecule has 0 radical (unpaired) electrons. The summed E-state index contributed by atoms with van der Waals surface area (Å²) in [5.74, 6) is -0.147. The lowest BCUT2D eigenvalue weighted by Gasteiger charge is -2.37. The summed E-state index contributed by atoms with van der Waals surface area (Å²) in [4.78, 5) is 40.0. The smallest absolute Gasteiger partial charge is 0.410 e. The Morgan fingerprint density at radius 3 is 2.68 bits per heavy atom. The number of thiophene rings is 1. The third kappa shape index (κ3) is 5.49. The minimum absolute atomic E-state index is 0.00929. The van der Waals surface area contributed by atoms with Crippen LogP contribution in [0.25, 0.3) is 10.2 Å². The number of hydrogen-bond donors (Lipinski definition) is 2. The summed E-state index contributed by atoms with van der Waals surface area (Å²) in [5.41, 5.74) is 10.5. The molecule has 3 N–H and O–H groups in total. The SMILES string of the molecule is Cc1ccc2c(N)c(C(=O)N[C@H]3CCc4cc(N5CCN(C(=O)OC(C)(C)C)CC5)cnc4C3)sc2n1. The second-order valence-corrected chi connectivity index (χ2v) is 11.8. The van der Waals surface area contributed by atoms with Crippen molar-refractivity contribution in [3.8, 4) is 0 Å². The van der Waals surface area contributed by atoms with Gasteiger partial charge in [-0.3, -0.25) is 9.78 Å². The predicted molar refractivity (Wildman–Crippen MR) is 146 cm³/mol. The van der Waals surface area contributed by atoms with Gasteiger partial charge in [-0.25, -0.2) is 9.78 Å². The van der Waals surface area contributed by atoms with Gasteiger partial charge in [-0.15, -0.1) is 11.3 Å². The molecule has 1 saturated heterocycles. The van der Waals surface area contributed by atoms with E-state index in [1.165, 1.54) is 16.9 Å². The van der Waals surface area contributed by atoms with E-state index in [1.807, 2.05) is 46.0 Å². The fourth-order valence-corrected chi connectivity index (χ4v) is 5.91. The Morgan fingerprint density at radius 2 is 1.95 bits per heavy atom. The van der Waals surface area contributed by atoms with Crippen LogP contribution in [-0.2, 0) is 17.6 Å². The zero-order chi connectivity index (χ0) is 26.3. The zero-order valence-electron chi connectivity index (χ0n) is 21.8. The number of hydrogen-bond acceptors (Lipinski definition) is 8. The lowest BCUT2D eigenvalue weighted by Crippen LogP contribution is -2.50. The van der Waals surface area contributed by atoms with E-state index in [-0.39, 0.29) is 18.0 Å². The number of carbonyl (C=O) groups excluding carboxylic acids is 2. The molecule has 0 unspecified atom stereocenters. The molecule has 1 aliphatic carbocycles. The Morgan fingerprint density at radius 1 is 1.19 bits per heavy atom. The van der Waals surface area contributed by atoms with E-state index in [1.54, 1.807) is 4.90 Å². The molecule has 3 aromatic heterocycles. The summed E-state index contributed by atoms with van der Waals surface area (Å²) in [6.07, 6.45) is 4.03. The van der Waals surface area contributed by atoms with Crippen LogP contribution in [0.2, 0.25) is 0 Å². The highest BCUT2D eigenvalue weighted by molar-refractivity contribution is 7.21. The molecule has 0 saturated carbocycles. The van der Waals surface area contributed by atoms with Crippen molar-refractivity contribution >= 4 is 44.9 Å². The van der Waals surface area contributed by atoms with Gasteiger partial charge in [0.1, 0.15) is 15.3 Å². The normalized spacial score (nSPS) is 18.0. The minimum Gasteiger partial charge on any atom is -0.444 e. The van der Waals surface area contributed by atoms with Crippen molar-refractivity contribution < 1.29 is 14.3 Å². The first-order valence-electron chi connectivity index (χ1n) is 12.7. The molecule has 0 bridgehead atoms. The van der Waals surface area contributed by atoms with Crippen LogP contribution in [0.4, 0.5) is 16.2 Å². The lowest BCUT2D eigenvalue weighted by molar-refractivity contribution is 0.0240. The van der Waals surface area contributed by atoms with Gasteiger partial charge in [0.15, 0.2) is 0 Å². The van der Waals surface area contributed by atoms with E-state index in [9.17, 15) is 9.59 Å². The summed E-state index contributed by atoms with van der Waals surface area (Å²) in [7, 11) is 0.